The van der Waals surface area contributed by atoms with Gasteiger partial charge in [-0.15, -0.1) is 0 Å². The van der Waals surface area contributed by atoms with Crippen LogP contribution in [0, 0.1) is 6.92 Å². The smallest absolute Gasteiger partial charge is 0.338 e. The van der Waals surface area contributed by atoms with E-state index in [4.69, 9.17) is 4.74 Å². The molecule has 1 amide bonds. The lowest BCUT2D eigenvalue weighted by molar-refractivity contribution is -0.119. The third-order valence-electron chi connectivity index (χ3n) is 4.53. The minimum atomic E-state index is -0.525. The van der Waals surface area contributed by atoms with E-state index in [1.54, 1.807) is 12.1 Å². The summed E-state index contributed by atoms with van der Waals surface area (Å²) in [5.74, 6) is -0.604. The van der Waals surface area contributed by atoms with Crippen LogP contribution in [-0.2, 0) is 9.53 Å². The topological polar surface area (TPSA) is 60.3 Å². The van der Waals surface area contributed by atoms with Gasteiger partial charge in [-0.3, -0.25) is 4.79 Å². The lowest BCUT2D eigenvalue weighted by atomic mass is 9.98. The van der Waals surface area contributed by atoms with E-state index in [9.17, 15) is 9.59 Å². The van der Waals surface area contributed by atoms with Crippen molar-refractivity contribution in [1.29, 1.82) is 0 Å². The Hall–Kier alpha value is -3.34. The number of benzene rings is 2. The van der Waals surface area contributed by atoms with E-state index in [0.717, 1.165) is 22.5 Å². The molecule has 5 nitrogen and oxygen atoms in total. The molecule has 144 valence electrons. The van der Waals surface area contributed by atoms with Gasteiger partial charge in [0, 0.05) is 23.8 Å². The lowest BCUT2D eigenvalue weighted by Gasteiger charge is -2.16. The molecular weight excluding hydrogens is 352 g/mol. The molecule has 3 aromatic rings. The number of nitrogens with one attached hydrogen (secondary N) is 1. The molecule has 1 N–H and O–H groups in total. The van der Waals surface area contributed by atoms with Crippen LogP contribution >= 0.6 is 0 Å². The van der Waals surface area contributed by atoms with Crippen molar-refractivity contribution >= 4 is 17.6 Å². The molecule has 1 heterocycles. The third kappa shape index (κ3) is 4.49. The van der Waals surface area contributed by atoms with Crippen molar-refractivity contribution < 1.29 is 14.3 Å². The van der Waals surface area contributed by atoms with Crippen molar-refractivity contribution in [2.75, 3.05) is 11.9 Å². The molecule has 0 saturated heterocycles. The highest BCUT2D eigenvalue weighted by Gasteiger charge is 2.14. The SMILES string of the molecule is Cc1cccc(C(C)C)c1NC(=O)COC(=O)c1ccc(-n2cccc2)cc1. The fourth-order valence-corrected chi connectivity index (χ4v) is 3.01. The maximum absolute atomic E-state index is 12.3. The maximum Gasteiger partial charge on any atom is 0.338 e. The maximum atomic E-state index is 12.3. The fourth-order valence-electron chi connectivity index (χ4n) is 3.01. The van der Waals surface area contributed by atoms with Crippen LogP contribution in [0.2, 0.25) is 0 Å². The summed E-state index contributed by atoms with van der Waals surface area (Å²) in [6.07, 6.45) is 3.85. The zero-order valence-corrected chi connectivity index (χ0v) is 16.3. The fraction of sp³-hybridized carbons (Fsp3) is 0.217. The first-order chi connectivity index (χ1) is 13.5. The van der Waals surface area contributed by atoms with Gasteiger partial charge in [0.25, 0.3) is 5.91 Å². The van der Waals surface area contributed by atoms with E-state index >= 15 is 0 Å². The first-order valence-corrected chi connectivity index (χ1v) is 9.25. The number of aromatic nitrogens is 1. The summed E-state index contributed by atoms with van der Waals surface area (Å²) in [4.78, 5) is 24.5. The molecule has 3 rings (SSSR count). The zero-order valence-electron chi connectivity index (χ0n) is 16.3. The van der Waals surface area contributed by atoms with Gasteiger partial charge in [-0.2, -0.15) is 0 Å². The molecule has 0 saturated carbocycles. The summed E-state index contributed by atoms with van der Waals surface area (Å²) in [5, 5.41) is 2.88. The van der Waals surface area contributed by atoms with E-state index in [2.05, 4.69) is 19.2 Å². The first kappa shape index (κ1) is 19.4. The number of carbonyl (C=O) groups is 2. The van der Waals surface area contributed by atoms with Gasteiger partial charge in [-0.05, 0) is 60.4 Å². The average molecular weight is 376 g/mol. The second-order valence-electron chi connectivity index (χ2n) is 6.96. The Balaban J connectivity index is 1.60. The number of nitrogens with zero attached hydrogens (tertiary/aromatic N) is 1. The number of para-hydroxylation sites is 1. The summed E-state index contributed by atoms with van der Waals surface area (Å²) < 4.78 is 7.12. The standard InChI is InChI=1S/C23H24N2O3/c1-16(2)20-8-6-7-17(3)22(20)24-21(26)15-28-23(27)18-9-11-19(12-10-18)25-13-4-5-14-25/h4-14,16H,15H2,1-3H3,(H,24,26). The van der Waals surface area contributed by atoms with Gasteiger partial charge in [0.05, 0.1) is 5.56 Å². The van der Waals surface area contributed by atoms with Crippen LogP contribution in [0.3, 0.4) is 0 Å². The Kier molecular flexibility index (Phi) is 5.94. The van der Waals surface area contributed by atoms with E-state index in [0.29, 0.717) is 5.56 Å². The van der Waals surface area contributed by atoms with Crippen LogP contribution in [0.1, 0.15) is 41.3 Å². The Morgan fingerprint density at radius 2 is 1.68 bits per heavy atom. The van der Waals surface area contributed by atoms with Crippen molar-refractivity contribution in [3.8, 4) is 5.69 Å². The van der Waals surface area contributed by atoms with Crippen molar-refractivity contribution in [3.63, 3.8) is 0 Å². The van der Waals surface area contributed by atoms with Crippen molar-refractivity contribution in [3.05, 3.63) is 83.7 Å². The molecule has 1 aromatic heterocycles. The van der Waals surface area contributed by atoms with Gasteiger partial charge in [0.1, 0.15) is 0 Å². The minimum absolute atomic E-state index is 0.275. The van der Waals surface area contributed by atoms with Gasteiger partial charge in [0.15, 0.2) is 6.61 Å². The summed E-state index contributed by atoms with van der Waals surface area (Å²) in [6, 6.07) is 16.8. The highest BCUT2D eigenvalue weighted by atomic mass is 16.5. The molecule has 2 aromatic carbocycles. The quantitative estimate of drug-likeness (QED) is 0.634. The van der Waals surface area contributed by atoms with Gasteiger partial charge < -0.3 is 14.6 Å². The van der Waals surface area contributed by atoms with Gasteiger partial charge in [-0.1, -0.05) is 32.0 Å². The number of aryl methyl sites for hydroxylation is 1. The Morgan fingerprint density at radius 3 is 2.32 bits per heavy atom. The predicted molar refractivity (Wildman–Crippen MR) is 110 cm³/mol. The van der Waals surface area contributed by atoms with E-state index in [-0.39, 0.29) is 18.4 Å². The van der Waals surface area contributed by atoms with Crippen LogP contribution in [0.4, 0.5) is 5.69 Å². The molecule has 0 bridgehead atoms. The highest BCUT2D eigenvalue weighted by molar-refractivity contribution is 5.96. The largest absolute Gasteiger partial charge is 0.452 e. The zero-order chi connectivity index (χ0) is 20.1. The number of anilines is 1. The van der Waals surface area contributed by atoms with Crippen LogP contribution in [0.15, 0.2) is 67.0 Å². The number of rotatable bonds is 6. The van der Waals surface area contributed by atoms with Gasteiger partial charge in [0.2, 0.25) is 0 Å². The molecular formula is C23H24N2O3. The molecule has 0 aliphatic rings. The monoisotopic (exact) mass is 376 g/mol. The summed E-state index contributed by atoms with van der Waals surface area (Å²) in [6.45, 7) is 5.76. The van der Waals surface area contributed by atoms with E-state index in [1.165, 1.54) is 0 Å². The molecule has 0 aliphatic carbocycles. The number of amides is 1. The lowest BCUT2D eigenvalue weighted by Crippen LogP contribution is -2.22. The van der Waals surface area contributed by atoms with Crippen LogP contribution in [-0.4, -0.2) is 23.1 Å². The molecule has 28 heavy (non-hydrogen) atoms. The normalized spacial score (nSPS) is 10.7. The second-order valence-corrected chi connectivity index (χ2v) is 6.96. The number of ether oxygens (including phenoxy) is 1. The Morgan fingerprint density at radius 1 is 1.00 bits per heavy atom. The highest BCUT2D eigenvalue weighted by Crippen LogP contribution is 2.27. The first-order valence-electron chi connectivity index (χ1n) is 9.25. The van der Waals surface area contributed by atoms with Gasteiger partial charge >= 0.3 is 5.97 Å². The predicted octanol–water partition coefficient (Wildman–Crippen LogP) is 4.70. The van der Waals surface area contributed by atoms with E-state index < -0.39 is 5.97 Å². The number of esters is 1. The summed E-state index contributed by atoms with van der Waals surface area (Å²) in [5.41, 5.74) is 4.17. The Bertz CT molecular complexity index is 958. The summed E-state index contributed by atoms with van der Waals surface area (Å²) >= 11 is 0. The van der Waals surface area contributed by atoms with Crippen LogP contribution in [0.25, 0.3) is 5.69 Å². The Labute approximate surface area is 165 Å². The molecule has 0 atom stereocenters. The summed E-state index contributed by atoms with van der Waals surface area (Å²) in [7, 11) is 0. The average Bonchev–Trinajstić information content (AvgIpc) is 3.22. The molecule has 0 aliphatic heterocycles. The number of hydrogen-bond acceptors (Lipinski definition) is 3. The second kappa shape index (κ2) is 8.57. The van der Waals surface area contributed by atoms with Gasteiger partial charge in [-0.25, -0.2) is 4.79 Å². The molecule has 0 radical (unpaired) electrons. The van der Waals surface area contributed by atoms with Crippen LogP contribution in [0.5, 0.6) is 0 Å². The minimum Gasteiger partial charge on any atom is -0.452 e. The van der Waals surface area contributed by atoms with Crippen molar-refractivity contribution in [2.24, 2.45) is 0 Å². The van der Waals surface area contributed by atoms with Crippen molar-refractivity contribution in [1.82, 2.24) is 4.57 Å². The number of carbonyl (C=O) groups excluding carboxylic acids is 2. The van der Waals surface area contributed by atoms with E-state index in [1.807, 2.05) is 66.3 Å². The van der Waals surface area contributed by atoms with Crippen molar-refractivity contribution in [2.45, 2.75) is 26.7 Å². The molecule has 0 fully saturated rings. The molecule has 0 unspecified atom stereocenters. The third-order valence-corrected chi connectivity index (χ3v) is 4.53. The molecule has 5 heteroatoms. The molecule has 0 spiro atoms. The number of hydrogen-bond donors (Lipinski definition) is 1. The van der Waals surface area contributed by atoms with Crippen LogP contribution < -0.4 is 5.32 Å².